The Kier molecular flexibility index (Phi) is 7.24. The molecule has 1 fully saturated rings. The van der Waals surface area contributed by atoms with E-state index in [1.54, 1.807) is 6.07 Å². The van der Waals surface area contributed by atoms with Crippen molar-refractivity contribution >= 4 is 45.9 Å². The van der Waals surface area contributed by atoms with E-state index < -0.39 is 11.9 Å². The van der Waals surface area contributed by atoms with E-state index in [2.05, 4.69) is 26.1 Å². The molecule has 1 saturated heterocycles. The van der Waals surface area contributed by atoms with Gasteiger partial charge >= 0.3 is 6.03 Å². The molecule has 0 saturated carbocycles. The van der Waals surface area contributed by atoms with Crippen molar-refractivity contribution in [1.29, 1.82) is 0 Å². The number of benzene rings is 1. The number of carbonyl (C=O) groups excluding carboxylic acids is 2. The van der Waals surface area contributed by atoms with Crippen LogP contribution in [0.15, 0.2) is 22.5 Å². The number of carbonyl (C=O) groups is 2. The van der Waals surface area contributed by atoms with Crippen molar-refractivity contribution in [1.82, 2.24) is 15.5 Å². The number of aryl methyl sites for hydroxylation is 1. The molecule has 0 spiro atoms. The molecule has 1 aliphatic rings. The Hall–Kier alpha value is -2.17. The number of imide groups is 1. The summed E-state index contributed by atoms with van der Waals surface area (Å²) in [5, 5.41) is 17.0. The highest BCUT2D eigenvalue weighted by Gasteiger charge is 2.16. The number of ether oxygens (including phenoxy) is 1. The Bertz CT molecular complexity index is 836. The Morgan fingerprint density at radius 1 is 1.32 bits per heavy atom. The first-order valence-corrected chi connectivity index (χ1v) is 10.8. The number of amides is 3. The van der Waals surface area contributed by atoms with Crippen LogP contribution < -0.4 is 16.0 Å². The molecule has 1 atom stereocenters. The quantitative estimate of drug-likeness (QED) is 0.590. The van der Waals surface area contributed by atoms with Crippen LogP contribution in [0.3, 0.4) is 0 Å². The van der Waals surface area contributed by atoms with Crippen molar-refractivity contribution in [2.75, 3.05) is 29.5 Å². The van der Waals surface area contributed by atoms with E-state index in [9.17, 15) is 9.59 Å². The Morgan fingerprint density at radius 3 is 2.96 bits per heavy atom. The number of hydrogen-bond donors (Lipinski definition) is 3. The van der Waals surface area contributed by atoms with Gasteiger partial charge in [0.2, 0.25) is 11.0 Å². The number of nitrogens with zero attached hydrogens (tertiary/aromatic N) is 2. The average molecular weight is 422 g/mol. The van der Waals surface area contributed by atoms with E-state index in [4.69, 9.17) is 4.74 Å². The number of urea groups is 1. The van der Waals surface area contributed by atoms with Crippen LogP contribution in [0.2, 0.25) is 0 Å². The van der Waals surface area contributed by atoms with Gasteiger partial charge in [-0.1, -0.05) is 35.2 Å². The first-order valence-electron chi connectivity index (χ1n) is 9.00. The molecule has 2 aromatic rings. The molecular weight excluding hydrogens is 398 g/mol. The van der Waals surface area contributed by atoms with E-state index in [-0.39, 0.29) is 11.9 Å². The first-order chi connectivity index (χ1) is 13.5. The fourth-order valence-corrected chi connectivity index (χ4v) is 4.23. The van der Waals surface area contributed by atoms with Crippen LogP contribution in [0.25, 0.3) is 0 Å². The summed E-state index contributed by atoms with van der Waals surface area (Å²) in [4.78, 5) is 24.0. The van der Waals surface area contributed by atoms with Gasteiger partial charge in [0.1, 0.15) is 0 Å². The molecule has 1 aromatic heterocycles. The normalized spacial score (nSPS) is 16.0. The van der Waals surface area contributed by atoms with Crippen LogP contribution in [0.4, 0.5) is 15.6 Å². The maximum Gasteiger partial charge on any atom is 0.325 e. The van der Waals surface area contributed by atoms with E-state index in [0.717, 1.165) is 30.6 Å². The molecular formula is C18H23N5O3S2. The van der Waals surface area contributed by atoms with Gasteiger partial charge in [-0.25, -0.2) is 4.79 Å². The molecule has 3 amide bonds. The van der Waals surface area contributed by atoms with Gasteiger partial charge in [-0.05, 0) is 43.9 Å². The fourth-order valence-electron chi connectivity index (χ4n) is 2.68. The number of aromatic nitrogens is 2. The molecule has 0 radical (unpaired) electrons. The lowest BCUT2D eigenvalue weighted by molar-refractivity contribution is -0.117. The summed E-state index contributed by atoms with van der Waals surface area (Å²) in [5.74, 6) is -0.308. The number of thioether (sulfide) groups is 1. The topological polar surface area (TPSA) is 105 Å². The largest absolute Gasteiger partial charge is 0.376 e. The zero-order chi connectivity index (χ0) is 19.9. The smallest absolute Gasteiger partial charge is 0.325 e. The fraction of sp³-hybridized carbons (Fsp3) is 0.444. The molecule has 8 nitrogen and oxygen atoms in total. The molecule has 1 aromatic carbocycles. The van der Waals surface area contributed by atoms with E-state index in [1.807, 2.05) is 26.0 Å². The third-order valence-electron chi connectivity index (χ3n) is 4.34. The highest BCUT2D eigenvalue weighted by Crippen LogP contribution is 2.25. The second-order valence-corrected chi connectivity index (χ2v) is 8.63. The Morgan fingerprint density at radius 2 is 2.18 bits per heavy atom. The van der Waals surface area contributed by atoms with Crippen LogP contribution in [0.1, 0.15) is 24.0 Å². The number of rotatable bonds is 7. The van der Waals surface area contributed by atoms with Crippen LogP contribution in [-0.2, 0) is 9.53 Å². The molecule has 3 N–H and O–H groups in total. The second kappa shape index (κ2) is 9.85. The lowest BCUT2D eigenvalue weighted by Crippen LogP contribution is -2.35. The lowest BCUT2D eigenvalue weighted by atomic mass is 10.1. The van der Waals surface area contributed by atoms with Crippen LogP contribution in [0, 0.1) is 13.8 Å². The van der Waals surface area contributed by atoms with Crippen molar-refractivity contribution in [2.24, 2.45) is 0 Å². The molecule has 3 rings (SSSR count). The van der Waals surface area contributed by atoms with Gasteiger partial charge in [0.25, 0.3) is 0 Å². The van der Waals surface area contributed by atoms with Gasteiger partial charge in [-0.2, -0.15) is 0 Å². The van der Waals surface area contributed by atoms with Gasteiger partial charge in [0.15, 0.2) is 4.34 Å². The lowest BCUT2D eigenvalue weighted by Gasteiger charge is -2.10. The predicted octanol–water partition coefficient (Wildman–Crippen LogP) is 3.19. The van der Waals surface area contributed by atoms with E-state index in [0.29, 0.717) is 21.7 Å². The Labute approximate surface area is 171 Å². The van der Waals surface area contributed by atoms with Gasteiger partial charge in [-0.15, -0.1) is 10.2 Å². The molecule has 0 bridgehead atoms. The van der Waals surface area contributed by atoms with Crippen molar-refractivity contribution in [3.63, 3.8) is 0 Å². The zero-order valence-electron chi connectivity index (χ0n) is 15.8. The zero-order valence-corrected chi connectivity index (χ0v) is 17.4. The van der Waals surface area contributed by atoms with Crippen molar-refractivity contribution < 1.29 is 14.3 Å². The van der Waals surface area contributed by atoms with Crippen LogP contribution >= 0.6 is 23.1 Å². The van der Waals surface area contributed by atoms with Crippen molar-refractivity contribution in [2.45, 2.75) is 37.1 Å². The molecule has 28 heavy (non-hydrogen) atoms. The predicted molar refractivity (Wildman–Crippen MR) is 111 cm³/mol. The summed E-state index contributed by atoms with van der Waals surface area (Å²) in [6.45, 7) is 5.41. The summed E-state index contributed by atoms with van der Waals surface area (Å²) >= 11 is 2.62. The minimum Gasteiger partial charge on any atom is -0.376 e. The van der Waals surface area contributed by atoms with Crippen molar-refractivity contribution in [3.8, 4) is 0 Å². The van der Waals surface area contributed by atoms with Gasteiger partial charge in [0.05, 0.1) is 11.9 Å². The molecule has 1 aliphatic heterocycles. The van der Waals surface area contributed by atoms with E-state index >= 15 is 0 Å². The van der Waals surface area contributed by atoms with Crippen molar-refractivity contribution in [3.05, 3.63) is 29.3 Å². The van der Waals surface area contributed by atoms with Gasteiger partial charge < -0.3 is 15.4 Å². The monoisotopic (exact) mass is 421 g/mol. The summed E-state index contributed by atoms with van der Waals surface area (Å²) in [7, 11) is 0. The number of hydrogen-bond acceptors (Lipinski definition) is 8. The molecule has 150 valence electrons. The summed E-state index contributed by atoms with van der Waals surface area (Å²) in [6, 6.07) is 5.07. The summed E-state index contributed by atoms with van der Waals surface area (Å²) in [6.07, 6.45) is 2.37. The average Bonchev–Trinajstić information content (AvgIpc) is 3.33. The molecule has 2 heterocycles. The SMILES string of the molecule is Cc1cccc(NC(=O)NC(=O)CSc2nnc(NC[C@@H]3CCCO3)s2)c1C. The van der Waals surface area contributed by atoms with Gasteiger partial charge in [-0.3, -0.25) is 10.1 Å². The molecule has 0 unspecified atom stereocenters. The minimum atomic E-state index is -0.546. The third kappa shape index (κ3) is 5.91. The van der Waals surface area contributed by atoms with Gasteiger partial charge in [0, 0.05) is 18.8 Å². The standard InChI is InChI=1S/C18H23N5O3S2/c1-11-5-3-7-14(12(11)2)20-16(25)21-15(24)10-27-18-23-22-17(28-18)19-9-13-6-4-8-26-13/h3,5,7,13H,4,6,8-10H2,1-2H3,(H,19,22)(H2,20,21,24,25)/t13-/m0/s1. The number of anilines is 2. The first kappa shape index (κ1) is 20.6. The maximum absolute atomic E-state index is 12.0. The summed E-state index contributed by atoms with van der Waals surface area (Å²) in [5.41, 5.74) is 2.72. The highest BCUT2D eigenvalue weighted by atomic mass is 32.2. The van der Waals surface area contributed by atoms with E-state index in [1.165, 1.54) is 23.1 Å². The van der Waals surface area contributed by atoms with Crippen LogP contribution in [-0.4, -0.2) is 47.1 Å². The van der Waals surface area contributed by atoms with Crippen LogP contribution in [0.5, 0.6) is 0 Å². The number of nitrogens with one attached hydrogen (secondary N) is 3. The summed E-state index contributed by atoms with van der Waals surface area (Å²) < 4.78 is 6.22. The highest BCUT2D eigenvalue weighted by molar-refractivity contribution is 8.01. The third-order valence-corrected chi connectivity index (χ3v) is 6.36. The molecule has 0 aliphatic carbocycles. The minimum absolute atomic E-state index is 0.0839. The Balaban J connectivity index is 1.40. The maximum atomic E-state index is 12.0. The second-order valence-electron chi connectivity index (χ2n) is 6.43. The molecule has 10 heteroatoms.